The fourth-order valence-electron chi connectivity index (χ4n) is 0.563. The van der Waals surface area contributed by atoms with Crippen LogP contribution in [0.3, 0.4) is 0 Å². The number of nitrogens with zero attached hydrogens (tertiary/aromatic N) is 1. The van der Waals surface area contributed by atoms with Crippen LogP contribution >= 0.6 is 0 Å². The van der Waals surface area contributed by atoms with Crippen LogP contribution in [0.1, 0.15) is 13.8 Å². The summed E-state index contributed by atoms with van der Waals surface area (Å²) in [5.74, 6) is -0.377. The van der Waals surface area contributed by atoms with Gasteiger partial charge < -0.3 is 4.74 Å². The second kappa shape index (κ2) is 4.91. The Morgan fingerprint density at radius 1 is 1.82 bits per heavy atom. The van der Waals surface area contributed by atoms with Crippen LogP contribution < -0.4 is 0 Å². The molecule has 0 saturated heterocycles. The highest BCUT2D eigenvalue weighted by molar-refractivity contribution is 5.81. The largest absolute Gasteiger partial charge is 0.444 e. The summed E-state index contributed by atoms with van der Waals surface area (Å²) in [6.45, 7) is 7.98. The van der Waals surface area contributed by atoms with E-state index in [1.165, 1.54) is 6.08 Å². The topological polar surface area (TPSA) is 29.5 Å². The highest BCUT2D eigenvalue weighted by atomic mass is 16.6. The molecule has 0 aliphatic rings. The lowest BCUT2D eigenvalue weighted by molar-refractivity contribution is -0.149. The van der Waals surface area contributed by atoms with Crippen molar-refractivity contribution in [2.24, 2.45) is 0 Å². The Kier molecular flexibility index (Phi) is 4.54. The maximum atomic E-state index is 10.7. The van der Waals surface area contributed by atoms with Gasteiger partial charge in [-0.05, 0) is 20.5 Å². The monoisotopic (exact) mass is 157 g/mol. The lowest BCUT2D eigenvalue weighted by Crippen LogP contribution is -2.32. The van der Waals surface area contributed by atoms with E-state index in [9.17, 15) is 4.79 Å². The van der Waals surface area contributed by atoms with E-state index < -0.39 is 0 Å². The molecule has 0 rings (SSSR count). The van der Waals surface area contributed by atoms with E-state index in [1.54, 1.807) is 0 Å². The molecule has 0 aliphatic carbocycles. The maximum absolute atomic E-state index is 10.7. The van der Waals surface area contributed by atoms with Gasteiger partial charge in [-0.15, -0.1) is 0 Å². The van der Waals surface area contributed by atoms with E-state index in [0.29, 0.717) is 0 Å². The van der Waals surface area contributed by atoms with E-state index in [1.807, 2.05) is 25.8 Å². The van der Waals surface area contributed by atoms with Gasteiger partial charge in [0.2, 0.25) is 0 Å². The minimum absolute atomic E-state index is 0.175. The predicted molar refractivity (Wildman–Crippen MR) is 44.1 cm³/mol. The van der Waals surface area contributed by atoms with Crippen LogP contribution in [0, 0.1) is 0 Å². The summed E-state index contributed by atoms with van der Waals surface area (Å²) < 4.78 is 4.92. The van der Waals surface area contributed by atoms with Gasteiger partial charge in [-0.3, -0.25) is 4.90 Å². The Balaban J connectivity index is 3.76. The number of rotatable bonds is 4. The summed E-state index contributed by atoms with van der Waals surface area (Å²) in [7, 11) is 1.89. The zero-order valence-corrected chi connectivity index (χ0v) is 7.33. The molecule has 0 heterocycles. The van der Waals surface area contributed by atoms with Crippen LogP contribution in [-0.2, 0) is 9.53 Å². The normalized spacial score (nSPS) is 12.7. The van der Waals surface area contributed by atoms with Gasteiger partial charge in [-0.2, -0.15) is 0 Å². The fourth-order valence-corrected chi connectivity index (χ4v) is 0.563. The van der Waals surface area contributed by atoms with E-state index >= 15 is 0 Å². The van der Waals surface area contributed by atoms with Crippen molar-refractivity contribution < 1.29 is 9.53 Å². The van der Waals surface area contributed by atoms with Crippen molar-refractivity contribution in [3.63, 3.8) is 0 Å². The standard InChI is InChI=1S/C8H15NO2/c1-5-8(10)11-7(3)9(4)6-2/h5,7H,1,6H2,2-4H3. The second-order valence-electron chi connectivity index (χ2n) is 2.31. The average molecular weight is 157 g/mol. The first-order valence-corrected chi connectivity index (χ1v) is 3.65. The number of carbonyl (C=O) groups is 1. The quantitative estimate of drug-likeness (QED) is 0.346. The van der Waals surface area contributed by atoms with Crippen molar-refractivity contribution in [2.45, 2.75) is 20.1 Å². The van der Waals surface area contributed by atoms with Crippen molar-refractivity contribution in [2.75, 3.05) is 13.6 Å². The van der Waals surface area contributed by atoms with E-state index in [4.69, 9.17) is 4.74 Å². The molecule has 0 spiro atoms. The Bertz CT molecular complexity index is 145. The van der Waals surface area contributed by atoms with Crippen LogP contribution in [0.15, 0.2) is 12.7 Å². The Hall–Kier alpha value is -0.830. The SMILES string of the molecule is C=CC(=O)OC(C)N(C)CC. The predicted octanol–water partition coefficient (Wildman–Crippen LogP) is 1.01. The molecule has 11 heavy (non-hydrogen) atoms. The summed E-state index contributed by atoms with van der Waals surface area (Å²) in [4.78, 5) is 12.6. The van der Waals surface area contributed by atoms with E-state index in [-0.39, 0.29) is 12.2 Å². The van der Waals surface area contributed by atoms with Gasteiger partial charge in [-0.25, -0.2) is 4.79 Å². The van der Waals surface area contributed by atoms with Crippen molar-refractivity contribution >= 4 is 5.97 Å². The first kappa shape index (κ1) is 10.2. The zero-order chi connectivity index (χ0) is 8.85. The lowest BCUT2D eigenvalue weighted by atomic mass is 10.5. The molecule has 0 aromatic carbocycles. The van der Waals surface area contributed by atoms with Crippen LogP contribution in [0.4, 0.5) is 0 Å². The summed E-state index contributed by atoms with van der Waals surface area (Å²) in [6, 6.07) is 0. The molecule has 64 valence electrons. The number of hydrogen-bond donors (Lipinski definition) is 0. The molecule has 0 aliphatic heterocycles. The lowest BCUT2D eigenvalue weighted by Gasteiger charge is -2.21. The fraction of sp³-hybridized carbons (Fsp3) is 0.625. The molecule has 0 N–H and O–H groups in total. The van der Waals surface area contributed by atoms with Gasteiger partial charge in [0.25, 0.3) is 0 Å². The van der Waals surface area contributed by atoms with Gasteiger partial charge in [0.05, 0.1) is 0 Å². The minimum atomic E-state index is -0.377. The molecular weight excluding hydrogens is 142 g/mol. The highest BCUT2D eigenvalue weighted by Gasteiger charge is 2.09. The van der Waals surface area contributed by atoms with Gasteiger partial charge in [0.15, 0.2) is 6.23 Å². The third kappa shape index (κ3) is 3.78. The van der Waals surface area contributed by atoms with Crippen molar-refractivity contribution in [3.8, 4) is 0 Å². The van der Waals surface area contributed by atoms with Crippen LogP contribution in [0.5, 0.6) is 0 Å². The number of esters is 1. The molecule has 3 nitrogen and oxygen atoms in total. The zero-order valence-electron chi connectivity index (χ0n) is 7.33. The first-order chi connectivity index (χ1) is 5.11. The minimum Gasteiger partial charge on any atom is -0.444 e. The molecule has 1 atom stereocenters. The Morgan fingerprint density at radius 3 is 2.73 bits per heavy atom. The van der Waals surface area contributed by atoms with Crippen molar-refractivity contribution in [1.29, 1.82) is 0 Å². The molecule has 1 unspecified atom stereocenters. The van der Waals surface area contributed by atoms with Gasteiger partial charge in [0, 0.05) is 6.08 Å². The average Bonchev–Trinajstić information content (AvgIpc) is 2.02. The molecular formula is C8H15NO2. The Labute approximate surface area is 67.6 Å². The summed E-state index contributed by atoms with van der Waals surface area (Å²) in [5.41, 5.74) is 0. The molecule has 0 fully saturated rings. The van der Waals surface area contributed by atoms with Gasteiger partial charge >= 0.3 is 5.97 Å². The molecule has 0 bridgehead atoms. The van der Waals surface area contributed by atoms with Crippen LogP contribution in [0.25, 0.3) is 0 Å². The first-order valence-electron chi connectivity index (χ1n) is 3.65. The van der Waals surface area contributed by atoms with Gasteiger partial charge in [-0.1, -0.05) is 13.5 Å². The van der Waals surface area contributed by atoms with Crippen LogP contribution in [0.2, 0.25) is 0 Å². The maximum Gasteiger partial charge on any atom is 0.331 e. The van der Waals surface area contributed by atoms with Crippen molar-refractivity contribution in [3.05, 3.63) is 12.7 Å². The Morgan fingerprint density at radius 2 is 2.36 bits per heavy atom. The summed E-state index contributed by atoms with van der Waals surface area (Å²) >= 11 is 0. The molecule has 0 aromatic rings. The number of carbonyl (C=O) groups excluding carboxylic acids is 1. The van der Waals surface area contributed by atoms with E-state index in [0.717, 1.165) is 6.54 Å². The molecule has 0 radical (unpaired) electrons. The highest BCUT2D eigenvalue weighted by Crippen LogP contribution is 1.97. The third-order valence-electron chi connectivity index (χ3n) is 1.57. The van der Waals surface area contributed by atoms with Gasteiger partial charge in [0.1, 0.15) is 0 Å². The summed E-state index contributed by atoms with van der Waals surface area (Å²) in [5, 5.41) is 0. The number of hydrogen-bond acceptors (Lipinski definition) is 3. The molecule has 0 amide bonds. The summed E-state index contributed by atoms with van der Waals surface area (Å²) in [6.07, 6.45) is 0.991. The third-order valence-corrected chi connectivity index (χ3v) is 1.57. The molecule has 3 heteroatoms. The van der Waals surface area contributed by atoms with E-state index in [2.05, 4.69) is 6.58 Å². The molecule has 0 saturated carbocycles. The van der Waals surface area contributed by atoms with Crippen molar-refractivity contribution in [1.82, 2.24) is 4.90 Å². The number of ether oxygens (including phenoxy) is 1. The second-order valence-corrected chi connectivity index (χ2v) is 2.31. The smallest absolute Gasteiger partial charge is 0.331 e. The molecule has 0 aromatic heterocycles. The van der Waals surface area contributed by atoms with Crippen LogP contribution in [-0.4, -0.2) is 30.7 Å².